The molecule has 1 heterocycles. The molecule has 0 aliphatic rings. The van der Waals surface area contributed by atoms with Crippen LogP contribution in [0.1, 0.15) is 23.7 Å². The molecule has 3 N–H and O–H groups in total. The van der Waals surface area contributed by atoms with Crippen molar-refractivity contribution in [2.45, 2.75) is 13.3 Å². The molecule has 22 heavy (non-hydrogen) atoms. The van der Waals surface area contributed by atoms with E-state index >= 15 is 0 Å². The maximum atomic E-state index is 12.2. The van der Waals surface area contributed by atoms with Crippen LogP contribution in [0.2, 0.25) is 0 Å². The summed E-state index contributed by atoms with van der Waals surface area (Å²) < 4.78 is 0. The number of imidazole rings is 1. The van der Waals surface area contributed by atoms with Crippen LogP contribution >= 0.6 is 0 Å². The van der Waals surface area contributed by atoms with Crippen LogP contribution in [-0.4, -0.2) is 21.5 Å². The number of nitrogens with zero attached hydrogens (tertiary/aromatic N) is 1. The van der Waals surface area contributed by atoms with Crippen molar-refractivity contribution in [1.29, 1.82) is 0 Å². The molecule has 0 atom stereocenters. The number of aromatic nitrogens is 2. The molecule has 1 aromatic heterocycles. The first-order chi connectivity index (χ1) is 10.5. The molecule has 0 amide bonds. The molecule has 2 aromatic carbocycles. The van der Waals surface area contributed by atoms with Gasteiger partial charge in [-0.3, -0.25) is 9.59 Å². The minimum Gasteiger partial charge on any atom is -0.399 e. The molecule has 5 heteroatoms. The molecular weight excluding hydrogens is 278 g/mol. The number of benzene rings is 2. The van der Waals surface area contributed by atoms with Gasteiger partial charge < -0.3 is 10.7 Å². The summed E-state index contributed by atoms with van der Waals surface area (Å²) in [7, 11) is 0. The van der Waals surface area contributed by atoms with Crippen molar-refractivity contribution in [3.05, 3.63) is 48.0 Å². The Balaban J connectivity index is 2.08. The molecule has 0 radical (unpaired) electrons. The summed E-state index contributed by atoms with van der Waals surface area (Å²) in [5.74, 6) is 0.294. The van der Waals surface area contributed by atoms with Crippen molar-refractivity contribution < 1.29 is 9.59 Å². The van der Waals surface area contributed by atoms with E-state index < -0.39 is 0 Å². The number of rotatable bonds is 4. The highest BCUT2D eigenvalue weighted by atomic mass is 16.1. The van der Waals surface area contributed by atoms with Crippen LogP contribution in [0.4, 0.5) is 5.69 Å². The highest BCUT2D eigenvalue weighted by Crippen LogP contribution is 2.24. The predicted molar refractivity (Wildman–Crippen MR) is 85.6 cm³/mol. The molecule has 3 aromatic rings. The van der Waals surface area contributed by atoms with E-state index in [1.807, 2.05) is 18.2 Å². The van der Waals surface area contributed by atoms with Gasteiger partial charge in [-0.25, -0.2) is 4.98 Å². The number of nitrogen functional groups attached to an aromatic ring is 1. The van der Waals surface area contributed by atoms with Crippen LogP contribution in [0, 0.1) is 0 Å². The van der Waals surface area contributed by atoms with E-state index in [4.69, 9.17) is 5.73 Å². The smallest absolute Gasteiger partial charge is 0.172 e. The highest BCUT2D eigenvalue weighted by Gasteiger charge is 2.15. The summed E-state index contributed by atoms with van der Waals surface area (Å²) in [4.78, 5) is 31.0. The molecule has 110 valence electrons. The van der Waals surface area contributed by atoms with Gasteiger partial charge in [0.1, 0.15) is 11.6 Å². The summed E-state index contributed by atoms with van der Waals surface area (Å²) in [6.45, 7) is 1.41. The van der Waals surface area contributed by atoms with Crippen molar-refractivity contribution in [3.63, 3.8) is 0 Å². The lowest BCUT2D eigenvalue weighted by atomic mass is 10.1. The zero-order valence-electron chi connectivity index (χ0n) is 12.1. The Kier molecular flexibility index (Phi) is 3.47. The summed E-state index contributed by atoms with van der Waals surface area (Å²) in [6.07, 6.45) is -0.108. The third-order valence-electron chi connectivity index (χ3n) is 3.41. The summed E-state index contributed by atoms with van der Waals surface area (Å²) >= 11 is 0. The zero-order chi connectivity index (χ0) is 15.7. The molecular formula is C17H15N3O2. The number of hydrogen-bond donors (Lipinski definition) is 2. The number of Topliss-reactive ketones (excluding diaryl/α,β-unsaturated/α-hetero) is 2. The van der Waals surface area contributed by atoms with Crippen molar-refractivity contribution in [2.75, 3.05) is 5.73 Å². The molecule has 0 aliphatic heterocycles. The van der Waals surface area contributed by atoms with Crippen LogP contribution in [0.5, 0.6) is 0 Å². The third kappa shape index (κ3) is 2.61. The normalized spacial score (nSPS) is 10.8. The van der Waals surface area contributed by atoms with Crippen LogP contribution in [-0.2, 0) is 4.79 Å². The van der Waals surface area contributed by atoms with Crippen molar-refractivity contribution in [1.82, 2.24) is 9.97 Å². The Labute approximate surface area is 127 Å². The highest BCUT2D eigenvalue weighted by molar-refractivity contribution is 6.13. The lowest BCUT2D eigenvalue weighted by Gasteiger charge is -1.99. The second-order valence-corrected chi connectivity index (χ2v) is 5.21. The first-order valence-corrected chi connectivity index (χ1v) is 6.92. The Morgan fingerprint density at radius 3 is 2.55 bits per heavy atom. The number of nitrogens with two attached hydrogens (primary N) is 1. The van der Waals surface area contributed by atoms with E-state index in [2.05, 4.69) is 9.97 Å². The van der Waals surface area contributed by atoms with Gasteiger partial charge in [0.15, 0.2) is 5.78 Å². The number of carbonyl (C=O) groups excluding carboxylic acids is 2. The quantitative estimate of drug-likeness (QED) is 0.439. The van der Waals surface area contributed by atoms with Gasteiger partial charge in [-0.05, 0) is 43.3 Å². The van der Waals surface area contributed by atoms with Gasteiger partial charge in [0.25, 0.3) is 0 Å². The second kappa shape index (κ2) is 5.44. The lowest BCUT2D eigenvalue weighted by molar-refractivity contribution is -0.116. The van der Waals surface area contributed by atoms with E-state index in [1.54, 1.807) is 24.3 Å². The minimum atomic E-state index is -0.214. The number of fused-ring (bicyclic) bond motifs is 1. The predicted octanol–water partition coefficient (Wildman–Crippen LogP) is 2.97. The fraction of sp³-hybridized carbons (Fsp3) is 0.118. The molecule has 5 nitrogen and oxygen atoms in total. The topological polar surface area (TPSA) is 88.8 Å². The number of ketones is 2. The van der Waals surface area contributed by atoms with Gasteiger partial charge in [0.2, 0.25) is 0 Å². The van der Waals surface area contributed by atoms with Crippen LogP contribution in [0.25, 0.3) is 22.4 Å². The van der Waals surface area contributed by atoms with Crippen LogP contribution in [0.15, 0.2) is 42.5 Å². The monoisotopic (exact) mass is 293 g/mol. The maximum absolute atomic E-state index is 12.2. The van der Waals surface area contributed by atoms with Crippen molar-refractivity contribution in [3.8, 4) is 11.4 Å². The van der Waals surface area contributed by atoms with E-state index in [0.29, 0.717) is 22.6 Å². The Morgan fingerprint density at radius 1 is 1.14 bits per heavy atom. The number of nitrogens with one attached hydrogen (secondary N) is 1. The standard InChI is InChI=1S/C17H15N3O2/c1-10(21)9-15(22)13-3-2-4-14-16(13)20-17(19-14)11-5-7-12(18)8-6-11/h2-8H,9,18H2,1H3,(H,19,20). The fourth-order valence-corrected chi connectivity index (χ4v) is 2.36. The number of H-pyrrole nitrogens is 1. The summed E-state index contributed by atoms with van der Waals surface area (Å²) in [6, 6.07) is 12.7. The molecule has 0 unspecified atom stereocenters. The van der Waals surface area contributed by atoms with Gasteiger partial charge in [0.05, 0.1) is 17.5 Å². The largest absolute Gasteiger partial charge is 0.399 e. The van der Waals surface area contributed by atoms with Crippen molar-refractivity contribution >= 4 is 28.3 Å². The average molecular weight is 293 g/mol. The number of carbonyl (C=O) groups is 2. The first kappa shape index (κ1) is 14.0. The zero-order valence-corrected chi connectivity index (χ0v) is 12.1. The summed E-state index contributed by atoms with van der Waals surface area (Å²) in [5, 5.41) is 0. The lowest BCUT2D eigenvalue weighted by Crippen LogP contribution is -2.05. The maximum Gasteiger partial charge on any atom is 0.172 e. The molecule has 0 bridgehead atoms. The van der Waals surface area contributed by atoms with Gasteiger partial charge in [-0.1, -0.05) is 6.07 Å². The third-order valence-corrected chi connectivity index (χ3v) is 3.41. The Morgan fingerprint density at radius 2 is 1.86 bits per heavy atom. The Bertz CT molecular complexity index is 863. The van der Waals surface area contributed by atoms with Gasteiger partial charge in [-0.2, -0.15) is 0 Å². The van der Waals surface area contributed by atoms with Crippen LogP contribution in [0.3, 0.4) is 0 Å². The molecule has 0 saturated carbocycles. The SMILES string of the molecule is CC(=O)CC(=O)c1cccc2[nH]c(-c3ccc(N)cc3)nc12. The first-order valence-electron chi connectivity index (χ1n) is 6.92. The molecule has 3 rings (SSSR count). The van der Waals surface area contributed by atoms with E-state index in [0.717, 1.165) is 11.1 Å². The number of anilines is 1. The Hall–Kier alpha value is -2.95. The minimum absolute atomic E-state index is 0.108. The number of hydrogen-bond acceptors (Lipinski definition) is 4. The van der Waals surface area contributed by atoms with E-state index in [1.165, 1.54) is 6.92 Å². The second-order valence-electron chi connectivity index (χ2n) is 5.21. The molecule has 0 aliphatic carbocycles. The number of aromatic amines is 1. The van der Waals surface area contributed by atoms with E-state index in [-0.39, 0.29) is 18.0 Å². The van der Waals surface area contributed by atoms with E-state index in [9.17, 15) is 9.59 Å². The molecule has 0 saturated heterocycles. The van der Waals surface area contributed by atoms with Gasteiger partial charge >= 0.3 is 0 Å². The van der Waals surface area contributed by atoms with Crippen molar-refractivity contribution in [2.24, 2.45) is 0 Å². The summed E-state index contributed by atoms with van der Waals surface area (Å²) in [5.41, 5.74) is 9.06. The molecule has 0 spiro atoms. The number of para-hydroxylation sites is 1. The van der Waals surface area contributed by atoms with Crippen LogP contribution < -0.4 is 5.73 Å². The fourth-order valence-electron chi connectivity index (χ4n) is 2.36. The van der Waals surface area contributed by atoms with Gasteiger partial charge in [-0.15, -0.1) is 0 Å². The average Bonchev–Trinajstić information content (AvgIpc) is 2.90. The molecule has 0 fully saturated rings. The van der Waals surface area contributed by atoms with Gasteiger partial charge in [0, 0.05) is 16.8 Å².